The Morgan fingerprint density at radius 2 is 2.33 bits per heavy atom. The maximum Gasteiger partial charge on any atom is 0.278 e. The van der Waals surface area contributed by atoms with Crippen LogP contribution in [0.2, 0.25) is 5.15 Å². The molecule has 1 heterocycles. The summed E-state index contributed by atoms with van der Waals surface area (Å²) in [5.41, 5.74) is 4.86. The molecular formula is C11H14ClF2N3O. The van der Waals surface area contributed by atoms with Gasteiger partial charge in [-0.3, -0.25) is 9.36 Å². The van der Waals surface area contributed by atoms with Crippen LogP contribution in [0, 0.1) is 5.92 Å². The van der Waals surface area contributed by atoms with Gasteiger partial charge in [0.2, 0.25) is 5.92 Å². The second-order valence-electron chi connectivity index (χ2n) is 4.72. The Morgan fingerprint density at radius 1 is 1.61 bits per heavy atom. The van der Waals surface area contributed by atoms with Gasteiger partial charge in [0.15, 0.2) is 5.15 Å². The summed E-state index contributed by atoms with van der Waals surface area (Å²) in [4.78, 5) is 15.5. The van der Waals surface area contributed by atoms with Crippen LogP contribution in [-0.4, -0.2) is 15.5 Å². The number of hydrogen-bond donors (Lipinski definition) is 1. The van der Waals surface area contributed by atoms with Gasteiger partial charge < -0.3 is 5.73 Å². The predicted octanol–water partition coefficient (Wildman–Crippen LogP) is 2.30. The van der Waals surface area contributed by atoms with Crippen molar-refractivity contribution < 1.29 is 8.78 Å². The topological polar surface area (TPSA) is 60.9 Å². The molecule has 0 amide bonds. The first-order valence-corrected chi connectivity index (χ1v) is 6.15. The van der Waals surface area contributed by atoms with Gasteiger partial charge in [-0.2, -0.15) is 0 Å². The van der Waals surface area contributed by atoms with Crippen molar-refractivity contribution in [1.82, 2.24) is 9.55 Å². The molecule has 1 unspecified atom stereocenters. The fraction of sp³-hybridized carbons (Fsp3) is 0.636. The number of alkyl halides is 2. The lowest BCUT2D eigenvalue weighted by Crippen LogP contribution is -2.32. The molecule has 1 aliphatic carbocycles. The normalized spacial score (nSPS) is 22.9. The molecule has 1 aromatic rings. The van der Waals surface area contributed by atoms with E-state index in [0.29, 0.717) is 12.8 Å². The zero-order valence-electron chi connectivity index (χ0n) is 9.70. The molecule has 1 atom stereocenters. The Balaban J connectivity index is 2.15. The second-order valence-corrected chi connectivity index (χ2v) is 5.08. The van der Waals surface area contributed by atoms with Crippen LogP contribution >= 0.6 is 11.6 Å². The van der Waals surface area contributed by atoms with E-state index in [4.69, 9.17) is 17.3 Å². The number of nitrogens with two attached hydrogens (primary N) is 1. The molecule has 0 aromatic carbocycles. The van der Waals surface area contributed by atoms with Crippen molar-refractivity contribution in [1.29, 1.82) is 0 Å². The van der Waals surface area contributed by atoms with E-state index in [1.165, 1.54) is 10.9 Å². The van der Waals surface area contributed by atoms with Crippen LogP contribution in [0.15, 0.2) is 11.1 Å². The Kier molecular flexibility index (Phi) is 3.56. The van der Waals surface area contributed by atoms with Crippen molar-refractivity contribution in [2.24, 2.45) is 5.92 Å². The van der Waals surface area contributed by atoms with Gasteiger partial charge in [0.05, 0.1) is 6.33 Å². The maximum atomic E-state index is 13.3. The largest absolute Gasteiger partial charge is 0.392 e. The van der Waals surface area contributed by atoms with Crippen LogP contribution in [0.1, 0.15) is 25.7 Å². The molecule has 0 aliphatic heterocycles. The molecule has 18 heavy (non-hydrogen) atoms. The molecule has 2 N–H and O–H groups in total. The molecular weight excluding hydrogens is 264 g/mol. The summed E-state index contributed by atoms with van der Waals surface area (Å²) in [6, 6.07) is 0. The molecule has 2 rings (SSSR count). The third-order valence-corrected chi connectivity index (χ3v) is 3.52. The molecule has 0 radical (unpaired) electrons. The number of nitrogen functional groups attached to an aromatic ring is 1. The van der Waals surface area contributed by atoms with Gasteiger partial charge in [-0.25, -0.2) is 13.8 Å². The molecule has 0 saturated heterocycles. The van der Waals surface area contributed by atoms with Crippen molar-refractivity contribution in [3.8, 4) is 0 Å². The first kappa shape index (κ1) is 13.3. The minimum atomic E-state index is -2.63. The van der Waals surface area contributed by atoms with Gasteiger partial charge in [0.25, 0.3) is 5.56 Å². The molecule has 1 fully saturated rings. The lowest BCUT2D eigenvalue weighted by atomic mass is 9.86. The number of anilines is 1. The summed E-state index contributed by atoms with van der Waals surface area (Å²) in [6.45, 7) is 0.211. The van der Waals surface area contributed by atoms with Crippen LogP contribution in [0.25, 0.3) is 0 Å². The first-order valence-electron chi connectivity index (χ1n) is 5.77. The van der Waals surface area contributed by atoms with Gasteiger partial charge in [-0.1, -0.05) is 11.6 Å². The van der Waals surface area contributed by atoms with Crippen molar-refractivity contribution in [2.75, 3.05) is 5.73 Å². The lowest BCUT2D eigenvalue weighted by molar-refractivity contribution is -0.0548. The Hall–Kier alpha value is -1.17. The summed E-state index contributed by atoms with van der Waals surface area (Å²) >= 11 is 5.60. The average molecular weight is 278 g/mol. The monoisotopic (exact) mass is 277 g/mol. The number of hydrogen-bond acceptors (Lipinski definition) is 3. The van der Waals surface area contributed by atoms with Gasteiger partial charge in [0, 0.05) is 19.4 Å². The van der Waals surface area contributed by atoms with Crippen LogP contribution in [-0.2, 0) is 6.54 Å². The van der Waals surface area contributed by atoms with E-state index >= 15 is 0 Å². The Morgan fingerprint density at radius 3 is 3.00 bits per heavy atom. The van der Waals surface area contributed by atoms with Crippen LogP contribution in [0.3, 0.4) is 0 Å². The van der Waals surface area contributed by atoms with Gasteiger partial charge in [0.1, 0.15) is 5.69 Å². The molecule has 0 spiro atoms. The summed E-state index contributed by atoms with van der Waals surface area (Å²) in [7, 11) is 0. The quantitative estimate of drug-likeness (QED) is 0.844. The van der Waals surface area contributed by atoms with Gasteiger partial charge in [-0.15, -0.1) is 0 Å². The molecule has 100 valence electrons. The smallest absolute Gasteiger partial charge is 0.278 e. The van der Waals surface area contributed by atoms with E-state index in [1.54, 1.807) is 0 Å². The molecule has 1 aromatic heterocycles. The van der Waals surface area contributed by atoms with E-state index in [9.17, 15) is 13.6 Å². The highest BCUT2D eigenvalue weighted by molar-refractivity contribution is 6.31. The summed E-state index contributed by atoms with van der Waals surface area (Å²) in [6.07, 6.45) is 2.16. The molecule has 0 bridgehead atoms. The SMILES string of the molecule is Nc1c(Cl)ncn(CC2CCCC(F)(F)C2)c1=O. The zero-order valence-corrected chi connectivity index (χ0v) is 10.5. The predicted molar refractivity (Wildman–Crippen MR) is 64.8 cm³/mol. The number of halogens is 3. The van der Waals surface area contributed by atoms with Crippen molar-refractivity contribution in [3.63, 3.8) is 0 Å². The Labute approximate surface area is 108 Å². The van der Waals surface area contributed by atoms with Crippen molar-refractivity contribution >= 4 is 17.3 Å². The Bertz CT molecular complexity index is 504. The summed E-state index contributed by atoms with van der Waals surface area (Å²) in [5, 5.41) is -0.0507. The average Bonchev–Trinajstić information content (AvgIpc) is 2.29. The van der Waals surface area contributed by atoms with Crippen molar-refractivity contribution in [3.05, 3.63) is 21.8 Å². The number of aromatic nitrogens is 2. The van der Waals surface area contributed by atoms with Gasteiger partial charge in [-0.05, 0) is 18.8 Å². The molecule has 7 heteroatoms. The lowest BCUT2D eigenvalue weighted by Gasteiger charge is -2.29. The zero-order chi connectivity index (χ0) is 13.3. The van der Waals surface area contributed by atoms with E-state index in [2.05, 4.69) is 4.98 Å². The van der Waals surface area contributed by atoms with Crippen molar-refractivity contribution in [2.45, 2.75) is 38.2 Å². The highest BCUT2D eigenvalue weighted by atomic mass is 35.5. The third kappa shape index (κ3) is 2.80. The number of rotatable bonds is 2. The molecule has 1 aliphatic rings. The fourth-order valence-corrected chi connectivity index (χ4v) is 2.45. The first-order chi connectivity index (χ1) is 8.39. The minimum Gasteiger partial charge on any atom is -0.392 e. The van der Waals surface area contributed by atoms with Crippen LogP contribution in [0.5, 0.6) is 0 Å². The summed E-state index contributed by atoms with van der Waals surface area (Å²) in [5.74, 6) is -2.85. The highest BCUT2D eigenvalue weighted by Crippen LogP contribution is 2.37. The fourth-order valence-electron chi connectivity index (χ4n) is 2.33. The van der Waals surface area contributed by atoms with Gasteiger partial charge >= 0.3 is 0 Å². The van der Waals surface area contributed by atoms with Crippen LogP contribution < -0.4 is 11.3 Å². The number of nitrogens with zero attached hydrogens (tertiary/aromatic N) is 2. The van der Waals surface area contributed by atoms with Crippen LogP contribution in [0.4, 0.5) is 14.5 Å². The summed E-state index contributed by atoms with van der Waals surface area (Å²) < 4.78 is 27.8. The van der Waals surface area contributed by atoms with E-state index < -0.39 is 11.5 Å². The highest BCUT2D eigenvalue weighted by Gasteiger charge is 2.36. The molecule has 1 saturated carbocycles. The second kappa shape index (κ2) is 4.84. The third-order valence-electron chi connectivity index (χ3n) is 3.22. The van der Waals surface area contributed by atoms with E-state index in [1.807, 2.05) is 0 Å². The van der Waals surface area contributed by atoms with E-state index in [0.717, 1.165) is 0 Å². The van der Waals surface area contributed by atoms with E-state index in [-0.39, 0.29) is 36.1 Å². The molecule has 4 nitrogen and oxygen atoms in total. The standard InChI is InChI=1S/C11H14ClF2N3O/c12-9-8(15)10(18)17(6-16-9)5-7-2-1-3-11(13,14)4-7/h6-7H,1-5,15H2. The maximum absolute atomic E-state index is 13.3. The minimum absolute atomic E-state index is 0.0507.